The van der Waals surface area contributed by atoms with Gasteiger partial charge in [0, 0.05) is 58.9 Å². The van der Waals surface area contributed by atoms with Gasteiger partial charge < -0.3 is 32.6 Å². The van der Waals surface area contributed by atoms with Gasteiger partial charge in [-0.25, -0.2) is 0 Å². The molecule has 0 unspecified atom stereocenters. The van der Waals surface area contributed by atoms with Crippen molar-refractivity contribution in [1.29, 1.82) is 0 Å². The van der Waals surface area contributed by atoms with Crippen LogP contribution < -0.4 is 0 Å². The molecule has 0 fully saturated rings. The number of rotatable bonds is 16. The van der Waals surface area contributed by atoms with Crippen molar-refractivity contribution in [2.45, 2.75) is 0 Å². The third-order valence-electron chi connectivity index (χ3n) is 3.23. The fourth-order valence-electron chi connectivity index (χ4n) is 2.16. The first-order valence-corrected chi connectivity index (χ1v) is 7.62. The Bertz CT molecular complexity index is 447. The van der Waals surface area contributed by atoms with Gasteiger partial charge in [-0.3, -0.25) is 33.9 Å². The maximum absolute atomic E-state index is 10.8. The van der Waals surface area contributed by atoms with Crippen LogP contribution in [0, 0.1) is 7.43 Å². The SMILES string of the molecule is O=CCN(CCN(CC(=O)O)CC(=O)O)CCN(CC(=O)O)CC(=O)O.[CH3-].[Y]. The van der Waals surface area contributed by atoms with Crippen molar-refractivity contribution in [3.8, 4) is 0 Å². The molecular weight excluding hydrogens is 455 g/mol. The van der Waals surface area contributed by atoms with E-state index < -0.39 is 50.1 Å². The first-order valence-electron chi connectivity index (χ1n) is 7.62. The van der Waals surface area contributed by atoms with E-state index >= 15 is 0 Å². The summed E-state index contributed by atoms with van der Waals surface area (Å²) in [5, 5.41) is 35.1. The molecule has 0 spiro atoms. The predicted molar refractivity (Wildman–Crippen MR) is 92.3 cm³/mol. The predicted octanol–water partition coefficient (Wildman–Crippen LogP) is -2.12. The summed E-state index contributed by atoms with van der Waals surface area (Å²) in [4.78, 5) is 57.7. The molecule has 0 saturated heterocycles. The van der Waals surface area contributed by atoms with E-state index in [0.717, 1.165) is 0 Å². The van der Waals surface area contributed by atoms with Crippen LogP contribution in [0.3, 0.4) is 0 Å². The van der Waals surface area contributed by atoms with Crippen LogP contribution in [0.15, 0.2) is 0 Å². The summed E-state index contributed by atoms with van der Waals surface area (Å²) in [7, 11) is 0. The average Bonchev–Trinajstić information content (AvgIpc) is 2.47. The monoisotopic (exact) mass is 481 g/mol. The zero-order valence-corrected chi connectivity index (χ0v) is 18.5. The summed E-state index contributed by atoms with van der Waals surface area (Å²) in [6.45, 7) is -1.52. The van der Waals surface area contributed by atoms with E-state index in [2.05, 4.69) is 0 Å². The largest absolute Gasteiger partial charge is 0.480 e. The molecule has 0 aromatic heterocycles. The van der Waals surface area contributed by atoms with Gasteiger partial charge in [0.05, 0.1) is 32.7 Å². The van der Waals surface area contributed by atoms with Gasteiger partial charge in [-0.2, -0.15) is 0 Å². The molecule has 0 aliphatic heterocycles. The van der Waals surface area contributed by atoms with E-state index in [4.69, 9.17) is 20.4 Å². The van der Waals surface area contributed by atoms with Crippen LogP contribution in [0.5, 0.6) is 0 Å². The van der Waals surface area contributed by atoms with Crippen LogP contribution in [0.2, 0.25) is 0 Å². The molecule has 0 bridgehead atoms. The van der Waals surface area contributed by atoms with Gasteiger partial charge in [-0.1, -0.05) is 0 Å². The molecule has 28 heavy (non-hydrogen) atoms. The van der Waals surface area contributed by atoms with Gasteiger partial charge in [-0.15, -0.1) is 0 Å². The summed E-state index contributed by atoms with van der Waals surface area (Å²) in [6.07, 6.45) is 0.595. The molecule has 0 heterocycles. The summed E-state index contributed by atoms with van der Waals surface area (Å²) in [6, 6.07) is 0. The standard InChI is InChI=1S/C14H23N3O9.CH3.Y/c18-6-5-15(1-3-16(7-11(19)20)8-12(21)22)2-4-17(9-13(23)24)10-14(25)26;;/h6H,1-5,7-10H2,(H,19,20)(H,21,22)(H,23,24)(H,25,26);1H3;/q;-1;. The summed E-state index contributed by atoms with van der Waals surface area (Å²) < 4.78 is 0. The van der Waals surface area contributed by atoms with Crippen molar-refractivity contribution in [2.24, 2.45) is 0 Å². The van der Waals surface area contributed by atoms with Gasteiger partial charge >= 0.3 is 23.9 Å². The Balaban J connectivity index is -0.00000312. The molecule has 0 saturated carbocycles. The van der Waals surface area contributed by atoms with E-state index in [9.17, 15) is 24.0 Å². The number of hydrogen-bond acceptors (Lipinski definition) is 8. The van der Waals surface area contributed by atoms with Crippen LogP contribution in [0.1, 0.15) is 0 Å². The molecule has 0 aliphatic rings. The van der Waals surface area contributed by atoms with Crippen molar-refractivity contribution in [3.05, 3.63) is 7.43 Å². The van der Waals surface area contributed by atoms with Crippen LogP contribution in [-0.2, 0) is 56.7 Å². The maximum atomic E-state index is 10.8. The number of carbonyl (C=O) groups excluding carboxylic acids is 1. The molecular formula is C15H26N3O9Y-. The molecule has 0 amide bonds. The maximum Gasteiger partial charge on any atom is 0.317 e. The Kier molecular flexibility index (Phi) is 19.7. The molecule has 0 rings (SSSR count). The molecule has 13 heteroatoms. The van der Waals surface area contributed by atoms with Crippen molar-refractivity contribution in [2.75, 3.05) is 58.9 Å². The normalized spacial score (nSPS) is 10.2. The molecule has 1 radical (unpaired) electrons. The second-order valence-electron chi connectivity index (χ2n) is 5.46. The van der Waals surface area contributed by atoms with E-state index in [1.165, 1.54) is 9.80 Å². The fourth-order valence-corrected chi connectivity index (χ4v) is 2.16. The van der Waals surface area contributed by atoms with Gasteiger partial charge in [-0.05, 0) is 0 Å². The summed E-state index contributed by atoms with van der Waals surface area (Å²) in [5.74, 6) is -4.77. The molecule has 0 aromatic carbocycles. The van der Waals surface area contributed by atoms with Crippen LogP contribution >= 0.6 is 0 Å². The van der Waals surface area contributed by atoms with Gasteiger partial charge in [0.25, 0.3) is 0 Å². The topological polar surface area (TPSA) is 176 Å². The number of hydrogen-bond donors (Lipinski definition) is 4. The first-order chi connectivity index (χ1) is 12.1. The molecule has 0 aliphatic carbocycles. The number of aliphatic carboxylic acids is 4. The van der Waals surface area contributed by atoms with Crippen molar-refractivity contribution in [1.82, 2.24) is 14.7 Å². The fraction of sp³-hybridized carbons (Fsp3) is 0.600. The molecule has 4 N–H and O–H groups in total. The van der Waals surface area contributed by atoms with Gasteiger partial charge in [0.15, 0.2) is 0 Å². The number of nitrogens with zero attached hydrogens (tertiary/aromatic N) is 3. The number of carboxylic acid groups (broad SMARTS) is 4. The minimum atomic E-state index is -1.19. The number of carbonyl (C=O) groups is 5. The molecule has 0 atom stereocenters. The average molecular weight is 481 g/mol. The summed E-state index contributed by atoms with van der Waals surface area (Å²) >= 11 is 0. The summed E-state index contributed by atoms with van der Waals surface area (Å²) in [5.41, 5.74) is 0. The van der Waals surface area contributed by atoms with E-state index in [1.807, 2.05) is 0 Å². The minimum Gasteiger partial charge on any atom is -0.480 e. The van der Waals surface area contributed by atoms with Gasteiger partial charge in [0.2, 0.25) is 0 Å². The van der Waals surface area contributed by atoms with E-state index in [1.54, 1.807) is 4.90 Å². The Labute approximate surface area is 188 Å². The third kappa shape index (κ3) is 17.9. The van der Waals surface area contributed by atoms with Crippen molar-refractivity contribution in [3.63, 3.8) is 0 Å². The zero-order chi connectivity index (χ0) is 20.1. The Morgan fingerprint density at radius 1 is 0.607 bits per heavy atom. The Morgan fingerprint density at radius 3 is 1.07 bits per heavy atom. The Hall–Kier alpha value is -1.47. The second kappa shape index (κ2) is 17.6. The molecule has 0 aromatic rings. The number of aldehydes is 1. The number of carboxylic acids is 4. The van der Waals surface area contributed by atoms with E-state index in [0.29, 0.717) is 6.29 Å². The van der Waals surface area contributed by atoms with Crippen molar-refractivity contribution >= 4 is 30.2 Å². The van der Waals surface area contributed by atoms with Crippen molar-refractivity contribution < 1.29 is 77.1 Å². The smallest absolute Gasteiger partial charge is 0.317 e. The second-order valence-corrected chi connectivity index (χ2v) is 5.46. The molecule has 159 valence electrons. The molecule has 12 nitrogen and oxygen atoms in total. The zero-order valence-electron chi connectivity index (χ0n) is 15.7. The van der Waals surface area contributed by atoms with Gasteiger partial charge in [0.1, 0.15) is 6.29 Å². The third-order valence-corrected chi connectivity index (χ3v) is 3.23. The minimum absolute atomic E-state index is 0. The van der Waals surface area contributed by atoms with E-state index in [-0.39, 0.29) is 72.9 Å². The van der Waals surface area contributed by atoms with Crippen LogP contribution in [-0.4, -0.2) is 124 Å². The van der Waals surface area contributed by atoms with Crippen LogP contribution in [0.25, 0.3) is 0 Å². The quantitative estimate of drug-likeness (QED) is 0.139. The van der Waals surface area contributed by atoms with Crippen LogP contribution in [0.4, 0.5) is 0 Å². The first kappa shape index (κ1) is 31.2. The Morgan fingerprint density at radius 2 is 0.857 bits per heavy atom.